The molecule has 18 heavy (non-hydrogen) atoms. The van der Waals surface area contributed by atoms with Crippen LogP contribution in [0.15, 0.2) is 0 Å². The second-order valence-corrected chi connectivity index (χ2v) is 5.70. The Balaban J connectivity index is 5.08. The van der Waals surface area contributed by atoms with Crippen molar-refractivity contribution in [3.05, 3.63) is 0 Å². The van der Waals surface area contributed by atoms with Crippen molar-refractivity contribution in [3.63, 3.8) is 0 Å². The van der Waals surface area contributed by atoms with E-state index >= 15 is 0 Å². The van der Waals surface area contributed by atoms with Crippen LogP contribution in [0.2, 0.25) is 0 Å². The highest BCUT2D eigenvalue weighted by Gasteiger charge is 2.38. The third-order valence-electron chi connectivity index (χ3n) is 4.70. The van der Waals surface area contributed by atoms with Crippen molar-refractivity contribution in [2.24, 2.45) is 5.92 Å². The minimum absolute atomic E-state index is 0.272. The number of hydrogen-bond donors (Lipinski definition) is 1. The van der Waals surface area contributed by atoms with Gasteiger partial charge in [0.1, 0.15) is 0 Å². The highest BCUT2D eigenvalue weighted by atomic mass is 15.2. The molecule has 0 saturated heterocycles. The fourth-order valence-electron chi connectivity index (χ4n) is 3.16. The number of likely N-dealkylation sites (N-methyl/N-ethyl adjacent to an activating group) is 1. The maximum Gasteiger partial charge on any atom is 0.0334 e. The van der Waals surface area contributed by atoms with Crippen LogP contribution in [0.5, 0.6) is 0 Å². The van der Waals surface area contributed by atoms with E-state index < -0.39 is 0 Å². The Hall–Kier alpha value is -0.0800. The van der Waals surface area contributed by atoms with E-state index in [1.165, 1.54) is 19.3 Å². The third-order valence-corrected chi connectivity index (χ3v) is 4.70. The molecule has 1 N–H and O–H groups in total. The van der Waals surface area contributed by atoms with Gasteiger partial charge in [0.25, 0.3) is 0 Å². The molecule has 0 saturated carbocycles. The molecule has 0 rings (SSSR count). The van der Waals surface area contributed by atoms with Gasteiger partial charge in [0.15, 0.2) is 0 Å². The molecule has 0 bridgehead atoms. The molecule has 0 fully saturated rings. The van der Waals surface area contributed by atoms with Gasteiger partial charge in [-0.15, -0.1) is 0 Å². The lowest BCUT2D eigenvalue weighted by Gasteiger charge is -2.48. The normalized spacial score (nSPS) is 18.7. The van der Waals surface area contributed by atoms with Crippen LogP contribution in [-0.2, 0) is 0 Å². The fraction of sp³-hybridized carbons (Fsp3) is 1.00. The van der Waals surface area contributed by atoms with Crippen LogP contribution in [0.3, 0.4) is 0 Å². The van der Waals surface area contributed by atoms with Crippen LogP contribution in [-0.4, -0.2) is 36.1 Å². The molecule has 3 unspecified atom stereocenters. The highest BCUT2D eigenvalue weighted by Crippen LogP contribution is 2.29. The summed E-state index contributed by atoms with van der Waals surface area (Å²) in [4.78, 5) is 2.63. The molecule has 0 amide bonds. The van der Waals surface area contributed by atoms with Crippen molar-refractivity contribution in [1.82, 2.24) is 10.2 Å². The van der Waals surface area contributed by atoms with Gasteiger partial charge < -0.3 is 5.32 Å². The molecular formula is C16H36N2. The van der Waals surface area contributed by atoms with Gasteiger partial charge in [-0.05, 0) is 45.3 Å². The van der Waals surface area contributed by atoms with Gasteiger partial charge in [-0.3, -0.25) is 4.90 Å². The van der Waals surface area contributed by atoms with Crippen molar-refractivity contribution in [1.29, 1.82) is 0 Å². The Morgan fingerprint density at radius 2 is 1.61 bits per heavy atom. The van der Waals surface area contributed by atoms with Crippen molar-refractivity contribution < 1.29 is 0 Å². The first-order valence-electron chi connectivity index (χ1n) is 7.99. The van der Waals surface area contributed by atoms with Gasteiger partial charge in [0, 0.05) is 11.6 Å². The Morgan fingerprint density at radius 1 is 1.06 bits per heavy atom. The van der Waals surface area contributed by atoms with Crippen LogP contribution in [0, 0.1) is 5.92 Å². The summed E-state index contributed by atoms with van der Waals surface area (Å²) in [6.07, 6.45) is 3.67. The first-order chi connectivity index (χ1) is 8.51. The number of nitrogens with one attached hydrogen (secondary N) is 1. The molecule has 110 valence electrons. The van der Waals surface area contributed by atoms with E-state index in [1.807, 2.05) is 0 Å². The van der Waals surface area contributed by atoms with Crippen LogP contribution in [0.25, 0.3) is 0 Å². The van der Waals surface area contributed by atoms with Crippen molar-refractivity contribution >= 4 is 0 Å². The summed E-state index contributed by atoms with van der Waals surface area (Å²) in [6.45, 7) is 19.7. The van der Waals surface area contributed by atoms with E-state index in [0.29, 0.717) is 6.04 Å². The lowest BCUT2D eigenvalue weighted by atomic mass is 9.79. The summed E-state index contributed by atoms with van der Waals surface area (Å²) in [6, 6.07) is 0.590. The molecule has 0 aliphatic rings. The maximum absolute atomic E-state index is 3.82. The molecule has 0 radical (unpaired) electrons. The quantitative estimate of drug-likeness (QED) is 0.637. The second-order valence-electron chi connectivity index (χ2n) is 5.70. The lowest BCUT2D eigenvalue weighted by Crippen LogP contribution is -2.61. The topological polar surface area (TPSA) is 15.3 Å². The Bertz CT molecular complexity index is 201. The minimum atomic E-state index is 0.272. The molecule has 3 atom stereocenters. The molecule has 0 aromatic carbocycles. The molecule has 0 aromatic heterocycles. The second kappa shape index (κ2) is 8.92. The van der Waals surface area contributed by atoms with Crippen molar-refractivity contribution in [2.45, 2.75) is 79.3 Å². The van der Waals surface area contributed by atoms with E-state index in [2.05, 4.69) is 58.7 Å². The zero-order chi connectivity index (χ0) is 14.2. The van der Waals surface area contributed by atoms with Crippen LogP contribution < -0.4 is 5.32 Å². The third kappa shape index (κ3) is 4.24. The summed E-state index contributed by atoms with van der Waals surface area (Å²) in [5.74, 6) is 0.724. The van der Waals surface area contributed by atoms with E-state index in [9.17, 15) is 0 Å². The van der Waals surface area contributed by atoms with E-state index in [4.69, 9.17) is 0 Å². The largest absolute Gasteiger partial charge is 0.312 e. The van der Waals surface area contributed by atoms with Crippen LogP contribution >= 0.6 is 0 Å². The highest BCUT2D eigenvalue weighted by molar-refractivity contribution is 4.98. The summed E-state index contributed by atoms with van der Waals surface area (Å²) in [5.41, 5.74) is 0.272. The smallest absolute Gasteiger partial charge is 0.0334 e. The van der Waals surface area contributed by atoms with Crippen LogP contribution in [0.1, 0.15) is 67.7 Å². The predicted octanol–water partition coefficient (Wildman–Crippen LogP) is 3.91. The summed E-state index contributed by atoms with van der Waals surface area (Å²) in [7, 11) is 0. The Labute approximate surface area is 116 Å². The van der Waals surface area contributed by atoms with Gasteiger partial charge in [-0.25, -0.2) is 0 Å². The van der Waals surface area contributed by atoms with E-state index in [0.717, 1.165) is 25.6 Å². The SMILES string of the molecule is CCCNC(C(C)CC)C(C)(CC)N(CC)CC. The monoisotopic (exact) mass is 256 g/mol. The molecule has 2 nitrogen and oxygen atoms in total. The minimum Gasteiger partial charge on any atom is -0.312 e. The predicted molar refractivity (Wildman–Crippen MR) is 83.2 cm³/mol. The molecule has 2 heteroatoms. The van der Waals surface area contributed by atoms with Crippen molar-refractivity contribution in [3.8, 4) is 0 Å². The van der Waals surface area contributed by atoms with E-state index in [-0.39, 0.29) is 5.54 Å². The molecule has 0 spiro atoms. The summed E-state index contributed by atoms with van der Waals surface area (Å²) >= 11 is 0. The van der Waals surface area contributed by atoms with Gasteiger partial charge in [0.05, 0.1) is 0 Å². The number of rotatable bonds is 10. The standard InChI is InChI=1S/C16H36N2/c1-8-13-17-15(14(6)9-2)16(7,10-3)18(11-4)12-5/h14-15,17H,8-13H2,1-7H3. The van der Waals surface area contributed by atoms with Crippen LogP contribution in [0.4, 0.5) is 0 Å². The first-order valence-corrected chi connectivity index (χ1v) is 7.99. The average molecular weight is 256 g/mol. The number of nitrogens with zero attached hydrogens (tertiary/aromatic N) is 1. The first kappa shape index (κ1) is 17.9. The number of hydrogen-bond acceptors (Lipinski definition) is 2. The summed E-state index contributed by atoms with van der Waals surface area (Å²) in [5, 5.41) is 3.82. The van der Waals surface area contributed by atoms with Gasteiger partial charge in [0.2, 0.25) is 0 Å². The van der Waals surface area contributed by atoms with Gasteiger partial charge in [-0.1, -0.05) is 48.0 Å². The van der Waals surface area contributed by atoms with Gasteiger partial charge >= 0.3 is 0 Å². The molecule has 0 aliphatic carbocycles. The maximum atomic E-state index is 3.82. The van der Waals surface area contributed by atoms with Crippen molar-refractivity contribution in [2.75, 3.05) is 19.6 Å². The molecular weight excluding hydrogens is 220 g/mol. The zero-order valence-electron chi connectivity index (χ0n) is 13.8. The molecule has 0 heterocycles. The van der Waals surface area contributed by atoms with E-state index in [1.54, 1.807) is 0 Å². The average Bonchev–Trinajstić information content (AvgIpc) is 2.39. The molecule has 0 aliphatic heterocycles. The Kier molecular flexibility index (Phi) is 8.89. The lowest BCUT2D eigenvalue weighted by molar-refractivity contribution is 0.0480. The molecule has 0 aromatic rings. The van der Waals surface area contributed by atoms with Gasteiger partial charge in [-0.2, -0.15) is 0 Å². The zero-order valence-corrected chi connectivity index (χ0v) is 13.8. The Morgan fingerprint density at radius 3 is 1.94 bits per heavy atom. The fourth-order valence-corrected chi connectivity index (χ4v) is 3.16. The summed E-state index contributed by atoms with van der Waals surface area (Å²) < 4.78 is 0.